The van der Waals surface area contributed by atoms with Crippen molar-refractivity contribution in [1.29, 1.82) is 0 Å². The number of methoxy groups -OCH3 is 2. The van der Waals surface area contributed by atoms with E-state index in [1.54, 1.807) is 14.2 Å². The van der Waals surface area contributed by atoms with Crippen molar-refractivity contribution >= 4 is 6.21 Å². The van der Waals surface area contributed by atoms with Crippen LogP contribution >= 0.6 is 0 Å². The summed E-state index contributed by atoms with van der Waals surface area (Å²) in [5.74, 6) is 1.43. The predicted octanol–water partition coefficient (Wildman–Crippen LogP) is 1.37. The van der Waals surface area contributed by atoms with Gasteiger partial charge in [-0.15, -0.1) is 0 Å². The monoisotopic (exact) mass is 250 g/mol. The van der Waals surface area contributed by atoms with Gasteiger partial charge < -0.3 is 14.2 Å². The van der Waals surface area contributed by atoms with Gasteiger partial charge in [0.1, 0.15) is 0 Å². The Morgan fingerprint density at radius 2 is 1.89 bits per heavy atom. The molecule has 0 N–H and O–H groups in total. The van der Waals surface area contributed by atoms with Crippen molar-refractivity contribution in [1.82, 2.24) is 5.01 Å². The molecule has 5 nitrogen and oxygen atoms in total. The third-order valence-corrected chi connectivity index (χ3v) is 2.77. The predicted molar refractivity (Wildman–Crippen MR) is 69.5 cm³/mol. The van der Waals surface area contributed by atoms with E-state index in [0.717, 1.165) is 37.6 Å². The van der Waals surface area contributed by atoms with Crippen LogP contribution in [0.4, 0.5) is 0 Å². The third-order valence-electron chi connectivity index (χ3n) is 2.77. The topological polar surface area (TPSA) is 43.3 Å². The Hall–Kier alpha value is -1.75. The van der Waals surface area contributed by atoms with Crippen LogP contribution in [0.15, 0.2) is 23.3 Å². The SMILES string of the molecule is COc1ccc(C=NN2CCOCC2)cc1OC. The standard InChI is InChI=1S/C13H18N2O3/c1-16-12-4-3-11(9-13(12)17-2)10-14-15-5-7-18-8-6-15/h3-4,9-10H,5-8H2,1-2H3. The molecule has 1 saturated heterocycles. The first kappa shape index (κ1) is 12.7. The van der Waals surface area contributed by atoms with Crippen LogP contribution < -0.4 is 9.47 Å². The van der Waals surface area contributed by atoms with Crippen molar-refractivity contribution in [2.45, 2.75) is 0 Å². The molecular formula is C13H18N2O3. The molecule has 1 aromatic rings. The number of nitrogens with zero attached hydrogens (tertiary/aromatic N) is 2. The molecule has 0 amide bonds. The lowest BCUT2D eigenvalue weighted by Gasteiger charge is -2.23. The largest absolute Gasteiger partial charge is 0.493 e. The van der Waals surface area contributed by atoms with Gasteiger partial charge in [-0.3, -0.25) is 5.01 Å². The summed E-state index contributed by atoms with van der Waals surface area (Å²) in [6, 6.07) is 5.73. The summed E-state index contributed by atoms with van der Waals surface area (Å²) < 4.78 is 15.7. The lowest BCUT2D eigenvalue weighted by molar-refractivity contribution is 0.0397. The van der Waals surface area contributed by atoms with E-state index in [4.69, 9.17) is 14.2 Å². The molecule has 0 aromatic heterocycles. The first-order valence-corrected chi connectivity index (χ1v) is 5.92. The molecular weight excluding hydrogens is 232 g/mol. The van der Waals surface area contributed by atoms with Crippen molar-refractivity contribution in [3.8, 4) is 11.5 Å². The van der Waals surface area contributed by atoms with Crippen LogP contribution in [0.1, 0.15) is 5.56 Å². The van der Waals surface area contributed by atoms with E-state index in [2.05, 4.69) is 5.10 Å². The van der Waals surface area contributed by atoms with Gasteiger partial charge in [0.15, 0.2) is 11.5 Å². The molecule has 0 aliphatic carbocycles. The highest BCUT2D eigenvalue weighted by atomic mass is 16.5. The van der Waals surface area contributed by atoms with Crippen LogP contribution in [0.3, 0.4) is 0 Å². The van der Waals surface area contributed by atoms with Crippen LogP contribution in [0.5, 0.6) is 11.5 Å². The van der Waals surface area contributed by atoms with E-state index < -0.39 is 0 Å². The smallest absolute Gasteiger partial charge is 0.161 e. The lowest BCUT2D eigenvalue weighted by Crippen LogP contribution is -2.32. The fourth-order valence-electron chi connectivity index (χ4n) is 1.75. The average molecular weight is 250 g/mol. The number of rotatable bonds is 4. The Morgan fingerprint density at radius 1 is 1.17 bits per heavy atom. The Bertz CT molecular complexity index is 415. The highest BCUT2D eigenvalue weighted by molar-refractivity contribution is 5.80. The van der Waals surface area contributed by atoms with E-state index in [0.29, 0.717) is 5.75 Å². The summed E-state index contributed by atoms with van der Waals surface area (Å²) in [5.41, 5.74) is 0.985. The fourth-order valence-corrected chi connectivity index (χ4v) is 1.75. The summed E-state index contributed by atoms with van der Waals surface area (Å²) in [6.07, 6.45) is 1.83. The second-order valence-electron chi connectivity index (χ2n) is 3.93. The highest BCUT2D eigenvalue weighted by Gasteiger charge is 2.07. The minimum atomic E-state index is 0.712. The molecule has 1 aliphatic rings. The lowest BCUT2D eigenvalue weighted by atomic mass is 10.2. The van der Waals surface area contributed by atoms with Gasteiger partial charge in [0.05, 0.1) is 46.7 Å². The van der Waals surface area contributed by atoms with Crippen molar-refractivity contribution in [2.24, 2.45) is 5.10 Å². The Labute approximate surface area is 107 Å². The number of morpholine rings is 1. The van der Waals surface area contributed by atoms with Gasteiger partial charge in [0, 0.05) is 0 Å². The van der Waals surface area contributed by atoms with Crippen molar-refractivity contribution < 1.29 is 14.2 Å². The number of ether oxygens (including phenoxy) is 3. The van der Waals surface area contributed by atoms with Gasteiger partial charge >= 0.3 is 0 Å². The summed E-state index contributed by atoms with van der Waals surface area (Å²) in [5, 5.41) is 6.42. The maximum absolute atomic E-state index is 5.27. The maximum atomic E-state index is 5.27. The van der Waals surface area contributed by atoms with E-state index >= 15 is 0 Å². The molecule has 0 radical (unpaired) electrons. The zero-order valence-electron chi connectivity index (χ0n) is 10.8. The van der Waals surface area contributed by atoms with E-state index in [9.17, 15) is 0 Å². The molecule has 1 aliphatic heterocycles. The Kier molecular flexibility index (Phi) is 4.41. The second-order valence-corrected chi connectivity index (χ2v) is 3.93. The van der Waals surface area contributed by atoms with Crippen molar-refractivity contribution in [3.63, 3.8) is 0 Å². The zero-order valence-corrected chi connectivity index (χ0v) is 10.8. The molecule has 18 heavy (non-hydrogen) atoms. The van der Waals surface area contributed by atoms with E-state index in [1.165, 1.54) is 0 Å². The molecule has 0 saturated carbocycles. The van der Waals surface area contributed by atoms with Crippen LogP contribution in [0.25, 0.3) is 0 Å². The van der Waals surface area contributed by atoms with Crippen LogP contribution in [0, 0.1) is 0 Å². The molecule has 1 fully saturated rings. The Balaban J connectivity index is 2.06. The quantitative estimate of drug-likeness (QED) is 0.757. The average Bonchev–Trinajstić information content (AvgIpc) is 2.45. The normalized spacial score (nSPS) is 16.0. The summed E-state index contributed by atoms with van der Waals surface area (Å²) in [6.45, 7) is 3.15. The van der Waals surface area contributed by atoms with E-state index in [-0.39, 0.29) is 0 Å². The first-order valence-electron chi connectivity index (χ1n) is 5.92. The highest BCUT2D eigenvalue weighted by Crippen LogP contribution is 2.26. The summed E-state index contributed by atoms with van der Waals surface area (Å²) >= 11 is 0. The fraction of sp³-hybridized carbons (Fsp3) is 0.462. The molecule has 0 bridgehead atoms. The Morgan fingerprint density at radius 3 is 2.56 bits per heavy atom. The van der Waals surface area contributed by atoms with E-state index in [1.807, 2.05) is 29.4 Å². The molecule has 2 rings (SSSR count). The summed E-state index contributed by atoms with van der Waals surface area (Å²) in [4.78, 5) is 0. The number of hydrazone groups is 1. The minimum absolute atomic E-state index is 0.712. The zero-order chi connectivity index (χ0) is 12.8. The van der Waals surface area contributed by atoms with Gasteiger partial charge in [-0.1, -0.05) is 0 Å². The van der Waals surface area contributed by atoms with Crippen LogP contribution in [-0.4, -0.2) is 51.7 Å². The molecule has 1 heterocycles. The van der Waals surface area contributed by atoms with Gasteiger partial charge in [-0.25, -0.2) is 0 Å². The third kappa shape index (κ3) is 3.13. The van der Waals surface area contributed by atoms with Gasteiger partial charge in [0.25, 0.3) is 0 Å². The molecule has 0 spiro atoms. The number of hydrogen-bond acceptors (Lipinski definition) is 5. The first-order chi connectivity index (χ1) is 8.83. The number of benzene rings is 1. The second kappa shape index (κ2) is 6.26. The van der Waals surface area contributed by atoms with Crippen LogP contribution in [-0.2, 0) is 4.74 Å². The molecule has 1 aromatic carbocycles. The maximum Gasteiger partial charge on any atom is 0.161 e. The molecule has 98 valence electrons. The van der Waals surface area contributed by atoms with Crippen molar-refractivity contribution in [2.75, 3.05) is 40.5 Å². The minimum Gasteiger partial charge on any atom is -0.493 e. The molecule has 0 unspecified atom stereocenters. The molecule has 5 heteroatoms. The van der Waals surface area contributed by atoms with Gasteiger partial charge in [0.2, 0.25) is 0 Å². The van der Waals surface area contributed by atoms with Crippen LogP contribution in [0.2, 0.25) is 0 Å². The summed E-state index contributed by atoms with van der Waals surface area (Å²) in [7, 11) is 3.25. The van der Waals surface area contributed by atoms with Gasteiger partial charge in [-0.05, 0) is 23.8 Å². The van der Waals surface area contributed by atoms with Gasteiger partial charge in [-0.2, -0.15) is 5.10 Å². The molecule has 0 atom stereocenters. The number of hydrogen-bond donors (Lipinski definition) is 0. The van der Waals surface area contributed by atoms with Crippen molar-refractivity contribution in [3.05, 3.63) is 23.8 Å².